The average Bonchev–Trinajstić information content (AvgIpc) is 2.30. The Bertz CT molecular complexity index is 624. The number of carbonyl (C=O) groups is 1. The van der Waals surface area contributed by atoms with Crippen LogP contribution in [0.25, 0.3) is 11.3 Å². The van der Waals surface area contributed by atoms with E-state index in [1.807, 2.05) is 0 Å². The Labute approximate surface area is 106 Å². The predicted molar refractivity (Wildman–Crippen MR) is 60.9 cm³/mol. The molecule has 1 aromatic carbocycles. The van der Waals surface area contributed by atoms with Crippen molar-refractivity contribution in [2.75, 3.05) is 0 Å². The van der Waals surface area contributed by atoms with Crippen LogP contribution >= 0.6 is 0 Å². The molecule has 1 N–H and O–H groups in total. The molecule has 0 fully saturated rings. The van der Waals surface area contributed by atoms with Gasteiger partial charge in [0.15, 0.2) is 5.82 Å². The van der Waals surface area contributed by atoms with Crippen molar-refractivity contribution in [3.05, 3.63) is 53.5 Å². The largest absolute Gasteiger partial charge is 0.481 e. The lowest BCUT2D eigenvalue weighted by molar-refractivity contribution is -0.136. The van der Waals surface area contributed by atoms with Crippen molar-refractivity contribution in [1.29, 1.82) is 0 Å². The van der Waals surface area contributed by atoms with E-state index >= 15 is 0 Å². The molecular formula is C13H8F3NO2. The molecule has 2 aromatic rings. The van der Waals surface area contributed by atoms with Gasteiger partial charge in [0.1, 0.15) is 17.3 Å². The van der Waals surface area contributed by atoms with Crippen LogP contribution in [-0.2, 0) is 11.2 Å². The summed E-state index contributed by atoms with van der Waals surface area (Å²) in [6.07, 6.45) is 0.665. The molecule has 0 saturated carbocycles. The molecule has 0 aliphatic carbocycles. The molecule has 3 nitrogen and oxygen atoms in total. The van der Waals surface area contributed by atoms with E-state index in [0.717, 1.165) is 12.1 Å². The highest BCUT2D eigenvalue weighted by Gasteiger charge is 2.15. The molecule has 0 atom stereocenters. The summed E-state index contributed by atoms with van der Waals surface area (Å²) in [5.41, 5.74) is -0.457. The van der Waals surface area contributed by atoms with Gasteiger partial charge in [-0.05, 0) is 18.2 Å². The van der Waals surface area contributed by atoms with Crippen LogP contribution in [0, 0.1) is 17.5 Å². The summed E-state index contributed by atoms with van der Waals surface area (Å²) < 4.78 is 40.2. The zero-order chi connectivity index (χ0) is 14.0. The van der Waals surface area contributed by atoms with Gasteiger partial charge in [0.2, 0.25) is 0 Å². The smallest absolute Gasteiger partial charge is 0.307 e. The number of nitrogens with zero attached hydrogens (tertiary/aromatic N) is 1. The van der Waals surface area contributed by atoms with Crippen molar-refractivity contribution < 1.29 is 23.1 Å². The number of hydrogen-bond donors (Lipinski definition) is 1. The lowest BCUT2D eigenvalue weighted by atomic mass is 10.1. The highest BCUT2D eigenvalue weighted by Crippen LogP contribution is 2.24. The van der Waals surface area contributed by atoms with Crippen LogP contribution in [0.4, 0.5) is 13.2 Å². The monoisotopic (exact) mass is 267 g/mol. The van der Waals surface area contributed by atoms with Crippen molar-refractivity contribution in [2.24, 2.45) is 0 Å². The lowest BCUT2D eigenvalue weighted by Gasteiger charge is -2.06. The molecule has 2 rings (SSSR count). The number of carboxylic acid groups (broad SMARTS) is 1. The number of aromatic nitrogens is 1. The van der Waals surface area contributed by atoms with Crippen LogP contribution in [0.3, 0.4) is 0 Å². The Morgan fingerprint density at radius 2 is 1.79 bits per heavy atom. The zero-order valence-electron chi connectivity index (χ0n) is 9.53. The summed E-state index contributed by atoms with van der Waals surface area (Å²) in [5.74, 6) is -3.82. The molecule has 98 valence electrons. The minimum absolute atomic E-state index is 0.0813. The molecule has 1 heterocycles. The maximum absolute atomic E-state index is 14.0. The molecule has 0 spiro atoms. The van der Waals surface area contributed by atoms with Crippen LogP contribution in [0.2, 0.25) is 0 Å². The fourth-order valence-electron chi connectivity index (χ4n) is 1.67. The number of carboxylic acids is 1. The molecule has 0 saturated heterocycles. The first-order chi connectivity index (χ1) is 8.97. The first kappa shape index (κ1) is 13.1. The van der Waals surface area contributed by atoms with E-state index < -0.39 is 29.8 Å². The van der Waals surface area contributed by atoms with Gasteiger partial charge in [0, 0.05) is 23.4 Å². The first-order valence-electron chi connectivity index (χ1n) is 5.29. The van der Waals surface area contributed by atoms with Gasteiger partial charge in [-0.25, -0.2) is 13.2 Å². The van der Waals surface area contributed by atoms with Gasteiger partial charge in [-0.3, -0.25) is 9.78 Å². The van der Waals surface area contributed by atoms with Gasteiger partial charge in [0.25, 0.3) is 0 Å². The minimum Gasteiger partial charge on any atom is -0.481 e. The normalized spacial score (nSPS) is 10.5. The van der Waals surface area contributed by atoms with Gasteiger partial charge in [-0.2, -0.15) is 0 Å². The number of halogens is 3. The van der Waals surface area contributed by atoms with E-state index in [4.69, 9.17) is 5.11 Å². The third-order valence-electron chi connectivity index (χ3n) is 2.45. The van der Waals surface area contributed by atoms with E-state index in [1.54, 1.807) is 0 Å². The van der Waals surface area contributed by atoms with Crippen LogP contribution in [-0.4, -0.2) is 16.1 Å². The van der Waals surface area contributed by atoms with E-state index in [2.05, 4.69) is 4.98 Å². The second-order valence-corrected chi connectivity index (χ2v) is 3.86. The maximum atomic E-state index is 14.0. The van der Waals surface area contributed by atoms with E-state index in [0.29, 0.717) is 6.07 Å². The topological polar surface area (TPSA) is 50.2 Å². The first-order valence-corrected chi connectivity index (χ1v) is 5.29. The number of aliphatic carboxylic acids is 1. The van der Waals surface area contributed by atoms with Crippen molar-refractivity contribution in [3.8, 4) is 11.3 Å². The fraction of sp³-hybridized carbons (Fsp3) is 0.0769. The van der Waals surface area contributed by atoms with Crippen LogP contribution in [0.1, 0.15) is 5.56 Å². The van der Waals surface area contributed by atoms with E-state index in [-0.39, 0.29) is 16.8 Å². The summed E-state index contributed by atoms with van der Waals surface area (Å²) in [5, 5.41) is 8.63. The van der Waals surface area contributed by atoms with Crippen LogP contribution < -0.4 is 0 Å². The summed E-state index contributed by atoms with van der Waals surface area (Å²) in [7, 11) is 0. The summed E-state index contributed by atoms with van der Waals surface area (Å²) in [4.78, 5) is 14.3. The Hall–Kier alpha value is -2.37. The fourth-order valence-corrected chi connectivity index (χ4v) is 1.67. The summed E-state index contributed by atoms with van der Waals surface area (Å²) >= 11 is 0. The molecule has 0 bridgehead atoms. The highest BCUT2D eigenvalue weighted by molar-refractivity contribution is 5.71. The highest BCUT2D eigenvalue weighted by atomic mass is 19.1. The second kappa shape index (κ2) is 5.09. The SMILES string of the molecule is O=C(O)Cc1ccnc(-c2cc(F)cc(F)c2)c1F. The van der Waals surface area contributed by atoms with Crippen molar-refractivity contribution in [3.63, 3.8) is 0 Å². The number of rotatable bonds is 3. The maximum Gasteiger partial charge on any atom is 0.307 e. The Morgan fingerprint density at radius 3 is 2.37 bits per heavy atom. The number of hydrogen-bond acceptors (Lipinski definition) is 2. The molecular weight excluding hydrogens is 259 g/mol. The Kier molecular flexibility index (Phi) is 3.50. The minimum atomic E-state index is -1.21. The summed E-state index contributed by atoms with van der Waals surface area (Å²) in [6.45, 7) is 0. The molecule has 1 aromatic heterocycles. The number of benzene rings is 1. The van der Waals surface area contributed by atoms with Crippen molar-refractivity contribution in [1.82, 2.24) is 4.98 Å². The molecule has 0 aliphatic heterocycles. The lowest BCUT2D eigenvalue weighted by Crippen LogP contribution is -2.04. The van der Waals surface area contributed by atoms with Gasteiger partial charge >= 0.3 is 5.97 Å². The third kappa shape index (κ3) is 2.90. The van der Waals surface area contributed by atoms with Gasteiger partial charge in [-0.1, -0.05) is 0 Å². The summed E-state index contributed by atoms with van der Waals surface area (Å²) in [6, 6.07) is 3.73. The van der Waals surface area contributed by atoms with Crippen LogP contribution in [0.15, 0.2) is 30.5 Å². The Morgan fingerprint density at radius 1 is 1.16 bits per heavy atom. The molecule has 0 unspecified atom stereocenters. The zero-order valence-corrected chi connectivity index (χ0v) is 9.53. The average molecular weight is 267 g/mol. The van der Waals surface area contributed by atoms with Gasteiger partial charge in [-0.15, -0.1) is 0 Å². The van der Waals surface area contributed by atoms with Crippen molar-refractivity contribution in [2.45, 2.75) is 6.42 Å². The van der Waals surface area contributed by atoms with Crippen LogP contribution in [0.5, 0.6) is 0 Å². The standard InChI is InChI=1S/C13H8F3NO2/c14-9-3-8(4-10(15)6-9)13-12(16)7(1-2-17-13)5-11(18)19/h1-4,6H,5H2,(H,18,19). The quantitative estimate of drug-likeness (QED) is 0.930. The van der Waals surface area contributed by atoms with E-state index in [1.165, 1.54) is 12.3 Å². The van der Waals surface area contributed by atoms with E-state index in [9.17, 15) is 18.0 Å². The Balaban J connectivity index is 2.53. The number of pyridine rings is 1. The molecule has 6 heteroatoms. The molecule has 19 heavy (non-hydrogen) atoms. The molecule has 0 aliphatic rings. The van der Waals surface area contributed by atoms with Gasteiger partial charge in [0.05, 0.1) is 6.42 Å². The molecule has 0 amide bonds. The second-order valence-electron chi connectivity index (χ2n) is 3.86. The van der Waals surface area contributed by atoms with Crippen molar-refractivity contribution >= 4 is 5.97 Å². The third-order valence-corrected chi connectivity index (χ3v) is 2.45. The van der Waals surface area contributed by atoms with Gasteiger partial charge < -0.3 is 5.11 Å². The predicted octanol–water partition coefficient (Wildman–Crippen LogP) is 2.79. The molecule has 0 radical (unpaired) electrons.